The molecule has 6 nitrogen and oxygen atoms in total. The largest absolute Gasteiger partial charge is 0.459 e. The Morgan fingerprint density at radius 2 is 1.50 bits per heavy atom. The van der Waals surface area contributed by atoms with Gasteiger partial charge in [0, 0.05) is 13.0 Å². The SMILES string of the molecule is CCO[C@H]1CCC(C(=O)OC(C)(C)C)(C(=O)OC(C)(C)C)[C@H](C(C)C)O1. The van der Waals surface area contributed by atoms with Crippen LogP contribution in [0.3, 0.4) is 0 Å². The summed E-state index contributed by atoms with van der Waals surface area (Å²) < 4.78 is 22.9. The van der Waals surface area contributed by atoms with Crippen LogP contribution in [-0.2, 0) is 28.5 Å². The highest BCUT2D eigenvalue weighted by molar-refractivity contribution is 6.01. The van der Waals surface area contributed by atoms with E-state index < -0.39 is 40.9 Å². The molecule has 152 valence electrons. The third kappa shape index (κ3) is 5.68. The summed E-state index contributed by atoms with van der Waals surface area (Å²) in [4.78, 5) is 26.4. The average Bonchev–Trinajstić information content (AvgIpc) is 2.43. The quantitative estimate of drug-likeness (QED) is 0.539. The van der Waals surface area contributed by atoms with Crippen LogP contribution < -0.4 is 0 Å². The lowest BCUT2D eigenvalue weighted by Gasteiger charge is -2.45. The predicted octanol–water partition coefficient (Wildman–Crippen LogP) is 3.85. The lowest BCUT2D eigenvalue weighted by Crippen LogP contribution is -2.59. The number of carbonyl (C=O) groups is 2. The number of esters is 2. The highest BCUT2D eigenvalue weighted by Gasteiger charge is 2.60. The number of rotatable bonds is 5. The van der Waals surface area contributed by atoms with Crippen molar-refractivity contribution in [1.82, 2.24) is 0 Å². The van der Waals surface area contributed by atoms with Gasteiger partial charge in [0.15, 0.2) is 11.7 Å². The molecule has 1 fully saturated rings. The minimum absolute atomic E-state index is 0.0988. The summed E-state index contributed by atoms with van der Waals surface area (Å²) in [5.41, 5.74) is -2.93. The predicted molar refractivity (Wildman–Crippen MR) is 98.5 cm³/mol. The number of hydrogen-bond acceptors (Lipinski definition) is 6. The molecule has 0 N–H and O–H groups in total. The lowest BCUT2D eigenvalue weighted by atomic mass is 9.71. The zero-order valence-electron chi connectivity index (χ0n) is 17.8. The van der Waals surface area contributed by atoms with Crippen molar-refractivity contribution in [3.8, 4) is 0 Å². The van der Waals surface area contributed by atoms with Crippen LogP contribution >= 0.6 is 0 Å². The first-order chi connectivity index (χ1) is 11.7. The lowest BCUT2D eigenvalue weighted by molar-refractivity contribution is -0.253. The van der Waals surface area contributed by atoms with Crippen LogP contribution in [0.2, 0.25) is 0 Å². The first kappa shape index (κ1) is 22.9. The topological polar surface area (TPSA) is 71.1 Å². The molecular formula is C20H36O6. The van der Waals surface area contributed by atoms with Gasteiger partial charge in [-0.15, -0.1) is 0 Å². The van der Waals surface area contributed by atoms with E-state index in [1.807, 2.05) is 20.8 Å². The monoisotopic (exact) mass is 372 g/mol. The van der Waals surface area contributed by atoms with Crippen LogP contribution in [0.1, 0.15) is 75.2 Å². The molecule has 0 saturated carbocycles. The molecule has 1 saturated heterocycles. The van der Waals surface area contributed by atoms with E-state index in [1.165, 1.54) is 0 Å². The molecule has 2 atom stereocenters. The standard InChI is InChI=1S/C20H36O6/c1-10-23-14-11-12-20(15(24-14)13(2)3,16(21)25-18(4,5)6)17(22)26-19(7,8)9/h13-15H,10-12H2,1-9H3/t14-,15+/m1/s1. The molecule has 6 heteroatoms. The zero-order chi connectivity index (χ0) is 20.3. The summed E-state index contributed by atoms with van der Waals surface area (Å²) in [5.74, 6) is -1.28. The number of hydrogen-bond donors (Lipinski definition) is 0. The average molecular weight is 373 g/mol. The van der Waals surface area contributed by atoms with E-state index in [-0.39, 0.29) is 12.3 Å². The summed E-state index contributed by atoms with van der Waals surface area (Å²) in [5, 5.41) is 0. The molecule has 0 bridgehead atoms. The molecule has 0 amide bonds. The van der Waals surface area contributed by atoms with Gasteiger partial charge in [0.05, 0.1) is 6.10 Å². The molecule has 0 unspecified atom stereocenters. The van der Waals surface area contributed by atoms with Crippen molar-refractivity contribution >= 4 is 11.9 Å². The second kappa shape index (κ2) is 8.26. The maximum absolute atomic E-state index is 13.2. The molecule has 1 heterocycles. The molecule has 0 spiro atoms. The van der Waals surface area contributed by atoms with Crippen LogP contribution in [0.15, 0.2) is 0 Å². The number of carbonyl (C=O) groups excluding carboxylic acids is 2. The highest BCUT2D eigenvalue weighted by Crippen LogP contribution is 2.44. The van der Waals surface area contributed by atoms with E-state index in [9.17, 15) is 9.59 Å². The Hall–Kier alpha value is -1.14. The Kier molecular flexibility index (Phi) is 7.27. The molecule has 0 aromatic carbocycles. The van der Waals surface area contributed by atoms with Crippen LogP contribution in [-0.4, -0.2) is 42.1 Å². The summed E-state index contributed by atoms with van der Waals surface area (Å²) in [6.07, 6.45) is -0.428. The summed E-state index contributed by atoms with van der Waals surface area (Å²) in [6.45, 7) is 16.9. The Bertz CT molecular complexity index is 469. The molecule has 0 radical (unpaired) electrons. The maximum atomic E-state index is 13.2. The van der Waals surface area contributed by atoms with Gasteiger partial charge in [-0.3, -0.25) is 9.59 Å². The van der Waals surface area contributed by atoms with Crippen LogP contribution in [0.5, 0.6) is 0 Å². The Labute approximate surface area is 157 Å². The van der Waals surface area contributed by atoms with Gasteiger partial charge in [0.25, 0.3) is 0 Å². The summed E-state index contributed by atoms with van der Waals surface area (Å²) in [7, 11) is 0. The van der Waals surface area contributed by atoms with E-state index in [1.54, 1.807) is 41.5 Å². The van der Waals surface area contributed by atoms with E-state index in [0.717, 1.165) is 0 Å². The third-order valence-corrected chi connectivity index (χ3v) is 4.04. The molecule has 0 aliphatic carbocycles. The minimum atomic E-state index is -1.50. The molecular weight excluding hydrogens is 336 g/mol. The molecule has 1 aliphatic heterocycles. The van der Waals surface area contributed by atoms with Crippen molar-refractivity contribution in [3.63, 3.8) is 0 Å². The van der Waals surface area contributed by atoms with Gasteiger partial charge in [0.1, 0.15) is 11.2 Å². The van der Waals surface area contributed by atoms with Gasteiger partial charge in [-0.25, -0.2) is 0 Å². The fourth-order valence-corrected chi connectivity index (χ4v) is 3.13. The zero-order valence-corrected chi connectivity index (χ0v) is 17.8. The fourth-order valence-electron chi connectivity index (χ4n) is 3.13. The van der Waals surface area contributed by atoms with E-state index in [0.29, 0.717) is 13.0 Å². The maximum Gasteiger partial charge on any atom is 0.326 e. The van der Waals surface area contributed by atoms with Crippen molar-refractivity contribution in [1.29, 1.82) is 0 Å². The van der Waals surface area contributed by atoms with Gasteiger partial charge < -0.3 is 18.9 Å². The molecule has 26 heavy (non-hydrogen) atoms. The van der Waals surface area contributed by atoms with Gasteiger partial charge >= 0.3 is 11.9 Å². The van der Waals surface area contributed by atoms with E-state index in [4.69, 9.17) is 18.9 Å². The smallest absolute Gasteiger partial charge is 0.326 e. The summed E-state index contributed by atoms with van der Waals surface area (Å²) in [6, 6.07) is 0. The van der Waals surface area contributed by atoms with Crippen LogP contribution in [0, 0.1) is 11.3 Å². The Morgan fingerprint density at radius 3 is 1.85 bits per heavy atom. The Balaban J connectivity index is 3.33. The van der Waals surface area contributed by atoms with Gasteiger partial charge in [-0.1, -0.05) is 13.8 Å². The molecule has 0 aromatic heterocycles. The first-order valence-corrected chi connectivity index (χ1v) is 9.47. The van der Waals surface area contributed by atoms with E-state index in [2.05, 4.69) is 0 Å². The van der Waals surface area contributed by atoms with Crippen molar-refractivity contribution < 1.29 is 28.5 Å². The number of ether oxygens (including phenoxy) is 4. The van der Waals surface area contributed by atoms with Gasteiger partial charge in [-0.05, 0) is 60.8 Å². The van der Waals surface area contributed by atoms with Crippen molar-refractivity contribution in [2.24, 2.45) is 11.3 Å². The molecule has 1 aliphatic rings. The van der Waals surface area contributed by atoms with Crippen LogP contribution in [0.4, 0.5) is 0 Å². The van der Waals surface area contributed by atoms with Crippen molar-refractivity contribution in [2.45, 2.75) is 98.8 Å². The fraction of sp³-hybridized carbons (Fsp3) is 0.900. The van der Waals surface area contributed by atoms with Crippen molar-refractivity contribution in [2.75, 3.05) is 6.61 Å². The highest BCUT2D eigenvalue weighted by atomic mass is 16.7. The Morgan fingerprint density at radius 1 is 1.04 bits per heavy atom. The van der Waals surface area contributed by atoms with E-state index >= 15 is 0 Å². The molecule has 1 rings (SSSR count). The van der Waals surface area contributed by atoms with Crippen molar-refractivity contribution in [3.05, 3.63) is 0 Å². The van der Waals surface area contributed by atoms with Gasteiger partial charge in [-0.2, -0.15) is 0 Å². The second-order valence-corrected chi connectivity index (χ2v) is 9.20. The van der Waals surface area contributed by atoms with Crippen LogP contribution in [0.25, 0.3) is 0 Å². The first-order valence-electron chi connectivity index (χ1n) is 9.47. The second-order valence-electron chi connectivity index (χ2n) is 9.20. The van der Waals surface area contributed by atoms with Gasteiger partial charge in [0.2, 0.25) is 0 Å². The third-order valence-electron chi connectivity index (χ3n) is 4.04. The normalized spacial score (nSPS) is 23.6. The summed E-state index contributed by atoms with van der Waals surface area (Å²) >= 11 is 0. The molecule has 0 aromatic rings. The minimum Gasteiger partial charge on any atom is -0.459 e.